The third kappa shape index (κ3) is 11.9. The van der Waals surface area contributed by atoms with Gasteiger partial charge in [0.25, 0.3) is 0 Å². The first-order valence-corrected chi connectivity index (χ1v) is 5.26. The van der Waals surface area contributed by atoms with Crippen LogP contribution >= 0.6 is 11.6 Å². The summed E-state index contributed by atoms with van der Waals surface area (Å²) in [5, 5.41) is 3.83. The Labute approximate surface area is 91.4 Å². The molecule has 3 nitrogen and oxygen atoms in total. The van der Waals surface area contributed by atoms with Gasteiger partial charge in [0.1, 0.15) is 0 Å². The first kappa shape index (κ1) is 13.9. The molecule has 84 valence electrons. The van der Waals surface area contributed by atoms with Crippen molar-refractivity contribution in [1.29, 1.82) is 0 Å². The molecule has 0 atom stereocenters. The number of nitrogens with one attached hydrogen (secondary N) is 1. The zero-order chi connectivity index (χ0) is 10.6. The molecule has 0 aliphatic carbocycles. The van der Waals surface area contributed by atoms with Crippen LogP contribution in [0.25, 0.3) is 0 Å². The lowest BCUT2D eigenvalue weighted by molar-refractivity contribution is 0.0688. The van der Waals surface area contributed by atoms with Gasteiger partial charge in [-0.3, -0.25) is 0 Å². The van der Waals surface area contributed by atoms with Gasteiger partial charge in [-0.1, -0.05) is 18.2 Å². The number of hydrogen-bond donors (Lipinski definition) is 1. The van der Waals surface area contributed by atoms with Gasteiger partial charge in [0.2, 0.25) is 0 Å². The highest BCUT2D eigenvalue weighted by molar-refractivity contribution is 6.29. The number of hydrogen-bond acceptors (Lipinski definition) is 3. The standard InChI is InChI=1S/C10H20ClNO2/c1-10(11)9-12-5-3-4-6-14-8-7-13-2/h12H,1,3-9H2,2H3. The molecule has 0 rings (SSSR count). The molecule has 0 radical (unpaired) electrons. The smallest absolute Gasteiger partial charge is 0.0700 e. The number of rotatable bonds is 10. The lowest BCUT2D eigenvalue weighted by Crippen LogP contribution is -2.17. The third-order valence-corrected chi connectivity index (χ3v) is 1.77. The quantitative estimate of drug-likeness (QED) is 0.571. The van der Waals surface area contributed by atoms with Gasteiger partial charge in [-0.15, -0.1) is 0 Å². The van der Waals surface area contributed by atoms with Crippen LogP contribution in [-0.4, -0.2) is 40.0 Å². The fourth-order valence-corrected chi connectivity index (χ4v) is 1.02. The Balaban J connectivity index is 2.88. The normalized spacial score (nSPS) is 10.4. The van der Waals surface area contributed by atoms with Crippen LogP contribution in [0, 0.1) is 0 Å². The maximum atomic E-state index is 5.58. The molecule has 0 aromatic rings. The van der Waals surface area contributed by atoms with E-state index in [0.717, 1.165) is 26.0 Å². The van der Waals surface area contributed by atoms with Gasteiger partial charge in [0.15, 0.2) is 0 Å². The van der Waals surface area contributed by atoms with Crippen LogP contribution in [0.2, 0.25) is 0 Å². The Morgan fingerprint density at radius 1 is 1.29 bits per heavy atom. The van der Waals surface area contributed by atoms with Gasteiger partial charge in [-0.25, -0.2) is 0 Å². The van der Waals surface area contributed by atoms with Gasteiger partial charge in [-0.2, -0.15) is 0 Å². The van der Waals surface area contributed by atoms with Crippen molar-refractivity contribution in [2.24, 2.45) is 0 Å². The molecule has 0 spiro atoms. The van der Waals surface area contributed by atoms with Crippen molar-refractivity contribution in [3.05, 3.63) is 11.6 Å². The fourth-order valence-electron chi connectivity index (χ4n) is 0.922. The summed E-state index contributed by atoms with van der Waals surface area (Å²) in [6.45, 7) is 7.38. The first-order chi connectivity index (χ1) is 6.77. The van der Waals surface area contributed by atoms with E-state index in [1.54, 1.807) is 7.11 Å². The minimum atomic E-state index is 0.654. The van der Waals surface area contributed by atoms with Crippen LogP contribution in [0.15, 0.2) is 11.6 Å². The van der Waals surface area contributed by atoms with Crippen molar-refractivity contribution >= 4 is 11.6 Å². The van der Waals surface area contributed by atoms with E-state index >= 15 is 0 Å². The van der Waals surface area contributed by atoms with E-state index in [9.17, 15) is 0 Å². The molecule has 0 fully saturated rings. The minimum absolute atomic E-state index is 0.654. The highest BCUT2D eigenvalue weighted by Crippen LogP contribution is 1.93. The number of methoxy groups -OCH3 is 1. The number of ether oxygens (including phenoxy) is 2. The highest BCUT2D eigenvalue weighted by atomic mass is 35.5. The average Bonchev–Trinajstić information content (AvgIpc) is 2.15. The van der Waals surface area contributed by atoms with Crippen molar-refractivity contribution in [2.45, 2.75) is 12.8 Å². The van der Waals surface area contributed by atoms with E-state index in [1.165, 1.54) is 0 Å². The van der Waals surface area contributed by atoms with Crippen LogP contribution in [0.3, 0.4) is 0 Å². The second-order valence-corrected chi connectivity index (χ2v) is 3.54. The van der Waals surface area contributed by atoms with E-state index in [2.05, 4.69) is 11.9 Å². The summed E-state index contributed by atoms with van der Waals surface area (Å²) in [7, 11) is 1.67. The SMILES string of the molecule is C=C(Cl)CNCCCCOCCOC. The van der Waals surface area contributed by atoms with Crippen LogP contribution in [0.1, 0.15) is 12.8 Å². The molecule has 0 aromatic heterocycles. The van der Waals surface area contributed by atoms with Crippen molar-refractivity contribution in [1.82, 2.24) is 5.32 Å². The number of halogens is 1. The zero-order valence-corrected chi connectivity index (χ0v) is 9.61. The predicted molar refractivity (Wildman–Crippen MR) is 59.8 cm³/mol. The van der Waals surface area contributed by atoms with Gasteiger partial charge in [0, 0.05) is 25.3 Å². The Hall–Kier alpha value is -0.0900. The van der Waals surface area contributed by atoms with E-state index in [4.69, 9.17) is 21.1 Å². The summed E-state index contributed by atoms with van der Waals surface area (Å²) in [6, 6.07) is 0. The number of unbranched alkanes of at least 4 members (excludes halogenated alkanes) is 1. The van der Waals surface area contributed by atoms with E-state index in [1.807, 2.05) is 0 Å². The molecule has 0 heterocycles. The van der Waals surface area contributed by atoms with Crippen LogP contribution < -0.4 is 5.32 Å². The summed E-state index contributed by atoms with van der Waals surface area (Å²) < 4.78 is 10.2. The monoisotopic (exact) mass is 221 g/mol. The van der Waals surface area contributed by atoms with Gasteiger partial charge in [-0.05, 0) is 19.4 Å². The molecule has 1 N–H and O–H groups in total. The van der Waals surface area contributed by atoms with Crippen LogP contribution in [0.5, 0.6) is 0 Å². The summed E-state index contributed by atoms with van der Waals surface area (Å²) in [5.41, 5.74) is 0. The molecule has 0 bridgehead atoms. The van der Waals surface area contributed by atoms with Crippen molar-refractivity contribution in [2.75, 3.05) is 40.0 Å². The second-order valence-electron chi connectivity index (χ2n) is 3.01. The second kappa shape index (κ2) is 11.0. The molecule has 0 unspecified atom stereocenters. The summed E-state index contributed by atoms with van der Waals surface area (Å²) in [4.78, 5) is 0. The van der Waals surface area contributed by atoms with Crippen molar-refractivity contribution in [3.8, 4) is 0 Å². The topological polar surface area (TPSA) is 30.5 Å². The largest absolute Gasteiger partial charge is 0.382 e. The molecule has 0 aliphatic rings. The minimum Gasteiger partial charge on any atom is -0.382 e. The predicted octanol–water partition coefficient (Wildman–Crippen LogP) is 1.77. The summed E-state index contributed by atoms with van der Waals surface area (Å²) in [6.07, 6.45) is 2.16. The Morgan fingerprint density at radius 3 is 2.71 bits per heavy atom. The fraction of sp³-hybridized carbons (Fsp3) is 0.800. The maximum absolute atomic E-state index is 5.58. The van der Waals surface area contributed by atoms with Gasteiger partial charge < -0.3 is 14.8 Å². The molecule has 0 amide bonds. The molecular formula is C10H20ClNO2. The molecule has 0 aliphatic heterocycles. The molecular weight excluding hydrogens is 202 g/mol. The van der Waals surface area contributed by atoms with Gasteiger partial charge >= 0.3 is 0 Å². The summed E-state index contributed by atoms with van der Waals surface area (Å²) in [5.74, 6) is 0. The van der Waals surface area contributed by atoms with Gasteiger partial charge in [0.05, 0.1) is 13.2 Å². The van der Waals surface area contributed by atoms with Crippen LogP contribution in [0.4, 0.5) is 0 Å². The lowest BCUT2D eigenvalue weighted by atomic mass is 10.3. The molecule has 0 saturated carbocycles. The lowest BCUT2D eigenvalue weighted by Gasteiger charge is -2.04. The Bertz CT molecular complexity index is 142. The Morgan fingerprint density at radius 2 is 2.07 bits per heavy atom. The molecule has 0 aromatic carbocycles. The van der Waals surface area contributed by atoms with E-state index in [-0.39, 0.29) is 0 Å². The van der Waals surface area contributed by atoms with Crippen LogP contribution in [-0.2, 0) is 9.47 Å². The van der Waals surface area contributed by atoms with E-state index < -0.39 is 0 Å². The average molecular weight is 222 g/mol. The first-order valence-electron chi connectivity index (χ1n) is 4.88. The zero-order valence-electron chi connectivity index (χ0n) is 8.85. The molecule has 14 heavy (non-hydrogen) atoms. The highest BCUT2D eigenvalue weighted by Gasteiger charge is 1.91. The third-order valence-electron chi connectivity index (χ3n) is 1.64. The maximum Gasteiger partial charge on any atom is 0.0700 e. The Kier molecular flexibility index (Phi) is 10.9. The molecule has 4 heteroatoms. The van der Waals surface area contributed by atoms with Crippen molar-refractivity contribution in [3.63, 3.8) is 0 Å². The molecule has 0 saturated heterocycles. The van der Waals surface area contributed by atoms with E-state index in [0.29, 0.717) is 24.8 Å². The summed E-state index contributed by atoms with van der Waals surface area (Å²) >= 11 is 5.58. The van der Waals surface area contributed by atoms with Crippen molar-refractivity contribution < 1.29 is 9.47 Å².